The van der Waals surface area contributed by atoms with Gasteiger partial charge in [0.25, 0.3) is 0 Å². The molecule has 0 bridgehead atoms. The fourth-order valence-electron chi connectivity index (χ4n) is 4.05. The van der Waals surface area contributed by atoms with Crippen molar-refractivity contribution in [1.29, 1.82) is 0 Å². The summed E-state index contributed by atoms with van der Waals surface area (Å²) in [5.41, 5.74) is 0.659. The Balaban J connectivity index is 1.55. The third kappa shape index (κ3) is 5.09. The molecule has 1 aromatic rings. The first-order valence-electron chi connectivity index (χ1n) is 10.2. The van der Waals surface area contributed by atoms with Crippen LogP contribution in [0.5, 0.6) is 11.5 Å². The molecule has 7 heteroatoms. The van der Waals surface area contributed by atoms with Gasteiger partial charge in [0, 0.05) is 30.9 Å². The largest absolute Gasteiger partial charge is 0.493 e. The number of piperidine rings is 1. The van der Waals surface area contributed by atoms with Crippen LogP contribution in [0.15, 0.2) is 18.2 Å². The highest BCUT2D eigenvalue weighted by Crippen LogP contribution is 2.30. The van der Waals surface area contributed by atoms with Gasteiger partial charge in [0.2, 0.25) is 5.91 Å². The summed E-state index contributed by atoms with van der Waals surface area (Å²) in [5, 5.41) is 6.10. The lowest BCUT2D eigenvalue weighted by molar-refractivity contribution is -0.121. The number of nitrogens with one attached hydrogen (secondary N) is 2. The maximum Gasteiger partial charge on any atom is 0.317 e. The summed E-state index contributed by atoms with van der Waals surface area (Å²) in [4.78, 5) is 27.1. The molecule has 2 aliphatic rings. The number of methoxy groups -OCH3 is 2. The molecule has 2 fully saturated rings. The molecule has 1 saturated carbocycles. The van der Waals surface area contributed by atoms with Crippen LogP contribution < -0.4 is 20.1 Å². The average Bonchev–Trinajstić information content (AvgIpc) is 2.74. The zero-order chi connectivity index (χ0) is 19.9. The number of likely N-dealkylation sites (tertiary alicyclic amines) is 1. The summed E-state index contributed by atoms with van der Waals surface area (Å²) < 4.78 is 10.5. The van der Waals surface area contributed by atoms with Crippen molar-refractivity contribution in [1.82, 2.24) is 10.2 Å². The number of urea groups is 1. The molecule has 0 radical (unpaired) electrons. The highest BCUT2D eigenvalue weighted by Gasteiger charge is 2.29. The smallest absolute Gasteiger partial charge is 0.317 e. The Morgan fingerprint density at radius 2 is 1.75 bits per heavy atom. The molecule has 2 N–H and O–H groups in total. The zero-order valence-corrected chi connectivity index (χ0v) is 16.8. The first kappa shape index (κ1) is 20.3. The second-order valence-electron chi connectivity index (χ2n) is 7.63. The molecule has 154 valence electrons. The molecule has 0 aromatic heterocycles. The van der Waals surface area contributed by atoms with Crippen molar-refractivity contribution < 1.29 is 19.1 Å². The number of amides is 3. The molecule has 7 nitrogen and oxygen atoms in total. The highest BCUT2D eigenvalue weighted by atomic mass is 16.5. The van der Waals surface area contributed by atoms with E-state index < -0.39 is 0 Å². The number of anilines is 1. The fraction of sp³-hybridized carbons (Fsp3) is 0.619. The Labute approximate surface area is 166 Å². The summed E-state index contributed by atoms with van der Waals surface area (Å²) in [7, 11) is 3.14. The minimum Gasteiger partial charge on any atom is -0.493 e. The van der Waals surface area contributed by atoms with E-state index in [2.05, 4.69) is 10.6 Å². The Kier molecular flexibility index (Phi) is 7.01. The molecule has 3 amide bonds. The minimum absolute atomic E-state index is 0.0319. The molecular formula is C21H31N3O4. The van der Waals surface area contributed by atoms with Crippen molar-refractivity contribution in [3.8, 4) is 11.5 Å². The van der Waals surface area contributed by atoms with Crippen LogP contribution in [0.3, 0.4) is 0 Å². The third-order valence-electron chi connectivity index (χ3n) is 5.66. The predicted molar refractivity (Wildman–Crippen MR) is 108 cm³/mol. The van der Waals surface area contributed by atoms with Crippen LogP contribution in [0.25, 0.3) is 0 Å². The van der Waals surface area contributed by atoms with Gasteiger partial charge in [-0.15, -0.1) is 0 Å². The number of rotatable bonds is 5. The summed E-state index contributed by atoms with van der Waals surface area (Å²) in [6.45, 7) is 1.16. The Morgan fingerprint density at radius 3 is 2.46 bits per heavy atom. The second kappa shape index (κ2) is 9.66. The van der Waals surface area contributed by atoms with E-state index in [0.29, 0.717) is 30.3 Å². The lowest BCUT2D eigenvalue weighted by Gasteiger charge is -2.34. The van der Waals surface area contributed by atoms with Crippen molar-refractivity contribution in [3.05, 3.63) is 18.2 Å². The molecule has 1 aliphatic carbocycles. The first-order chi connectivity index (χ1) is 13.6. The molecular weight excluding hydrogens is 358 g/mol. The molecule has 1 heterocycles. The summed E-state index contributed by atoms with van der Waals surface area (Å²) in [6.07, 6.45) is 7.36. The maximum atomic E-state index is 12.7. The van der Waals surface area contributed by atoms with Gasteiger partial charge in [0.1, 0.15) is 0 Å². The fourth-order valence-corrected chi connectivity index (χ4v) is 4.05. The average molecular weight is 389 g/mol. The Morgan fingerprint density at radius 1 is 1.00 bits per heavy atom. The van der Waals surface area contributed by atoms with E-state index in [0.717, 1.165) is 25.7 Å². The normalized spacial score (nSPS) is 20.4. The first-order valence-corrected chi connectivity index (χ1v) is 10.2. The van der Waals surface area contributed by atoms with Crippen LogP contribution in [0.4, 0.5) is 10.5 Å². The van der Waals surface area contributed by atoms with Crippen molar-refractivity contribution in [2.45, 2.75) is 51.0 Å². The number of ether oxygens (including phenoxy) is 2. The lowest BCUT2D eigenvalue weighted by atomic mass is 9.95. The second-order valence-corrected chi connectivity index (χ2v) is 7.63. The van der Waals surface area contributed by atoms with Crippen LogP contribution in [0, 0.1) is 5.92 Å². The van der Waals surface area contributed by atoms with E-state index in [4.69, 9.17) is 9.47 Å². The Bertz CT molecular complexity index is 688. The third-order valence-corrected chi connectivity index (χ3v) is 5.66. The van der Waals surface area contributed by atoms with Gasteiger partial charge in [-0.25, -0.2) is 4.79 Å². The number of hydrogen-bond acceptors (Lipinski definition) is 4. The van der Waals surface area contributed by atoms with Crippen LogP contribution in [-0.4, -0.2) is 50.2 Å². The zero-order valence-electron chi connectivity index (χ0n) is 16.8. The summed E-state index contributed by atoms with van der Waals surface area (Å²) >= 11 is 0. The minimum atomic E-state index is -0.209. The van der Waals surface area contributed by atoms with Gasteiger partial charge in [0.05, 0.1) is 20.1 Å². The standard InChI is InChI=1S/C21H31N3O4/c1-27-18-11-10-17(13-19(18)28-2)22-20(25)15-7-6-12-24(14-15)21(26)23-16-8-4-3-5-9-16/h10-11,13,15-16H,3-9,12,14H2,1-2H3,(H,22,25)(H,23,26)/t15-/m1/s1. The van der Waals surface area contributed by atoms with Crippen LogP contribution in [0.1, 0.15) is 44.9 Å². The maximum absolute atomic E-state index is 12.7. The van der Waals surface area contributed by atoms with Gasteiger partial charge in [-0.05, 0) is 37.8 Å². The number of hydrogen-bond donors (Lipinski definition) is 2. The molecule has 1 aromatic carbocycles. The molecule has 3 rings (SSSR count). The summed E-state index contributed by atoms with van der Waals surface area (Å²) in [6, 6.07) is 5.54. The highest BCUT2D eigenvalue weighted by molar-refractivity contribution is 5.93. The van der Waals surface area contributed by atoms with Crippen molar-refractivity contribution in [3.63, 3.8) is 0 Å². The van der Waals surface area contributed by atoms with Crippen LogP contribution in [-0.2, 0) is 4.79 Å². The van der Waals surface area contributed by atoms with E-state index >= 15 is 0 Å². The Hall–Kier alpha value is -2.44. The lowest BCUT2D eigenvalue weighted by Crippen LogP contribution is -2.50. The van der Waals surface area contributed by atoms with E-state index in [9.17, 15) is 9.59 Å². The van der Waals surface area contributed by atoms with Gasteiger partial charge in [0.15, 0.2) is 11.5 Å². The topological polar surface area (TPSA) is 79.9 Å². The monoisotopic (exact) mass is 389 g/mol. The van der Waals surface area contributed by atoms with E-state index in [1.807, 2.05) is 0 Å². The quantitative estimate of drug-likeness (QED) is 0.809. The predicted octanol–water partition coefficient (Wildman–Crippen LogP) is 3.40. The van der Waals surface area contributed by atoms with Gasteiger partial charge in [-0.3, -0.25) is 4.79 Å². The molecule has 1 saturated heterocycles. The molecule has 0 unspecified atom stereocenters. The molecule has 0 spiro atoms. The van der Waals surface area contributed by atoms with E-state index in [-0.39, 0.29) is 23.9 Å². The van der Waals surface area contributed by atoms with Crippen LogP contribution >= 0.6 is 0 Å². The van der Waals surface area contributed by atoms with Gasteiger partial charge < -0.3 is 25.0 Å². The van der Waals surface area contributed by atoms with Gasteiger partial charge >= 0.3 is 6.03 Å². The van der Waals surface area contributed by atoms with Crippen molar-refractivity contribution in [2.24, 2.45) is 5.92 Å². The molecule has 28 heavy (non-hydrogen) atoms. The summed E-state index contributed by atoms with van der Waals surface area (Å²) in [5.74, 6) is 0.905. The van der Waals surface area contributed by atoms with E-state index in [1.54, 1.807) is 37.3 Å². The number of carbonyl (C=O) groups is 2. The number of benzene rings is 1. The van der Waals surface area contributed by atoms with Crippen LogP contribution in [0.2, 0.25) is 0 Å². The SMILES string of the molecule is COc1ccc(NC(=O)[C@@H]2CCCN(C(=O)NC3CCCCC3)C2)cc1OC. The van der Waals surface area contributed by atoms with E-state index in [1.165, 1.54) is 19.3 Å². The van der Waals surface area contributed by atoms with Crippen molar-refractivity contribution in [2.75, 3.05) is 32.6 Å². The molecule has 1 aliphatic heterocycles. The number of nitrogens with zero attached hydrogens (tertiary/aromatic N) is 1. The molecule has 1 atom stereocenters. The van der Waals surface area contributed by atoms with Crippen molar-refractivity contribution >= 4 is 17.6 Å². The van der Waals surface area contributed by atoms with Gasteiger partial charge in [-0.2, -0.15) is 0 Å². The van der Waals surface area contributed by atoms with Gasteiger partial charge in [-0.1, -0.05) is 19.3 Å². The number of carbonyl (C=O) groups excluding carboxylic acids is 2.